The molecule has 0 radical (unpaired) electrons. The highest BCUT2D eigenvalue weighted by atomic mass is 79.9. The van der Waals surface area contributed by atoms with E-state index in [0.717, 1.165) is 16.6 Å². The Balaban J connectivity index is 2.00. The minimum absolute atomic E-state index is 0.0751. The highest BCUT2D eigenvalue weighted by Crippen LogP contribution is 2.40. The lowest BCUT2D eigenvalue weighted by atomic mass is 10.1. The third kappa shape index (κ3) is 3.14. The van der Waals surface area contributed by atoms with Crippen LogP contribution in [0.5, 0.6) is 17.2 Å². The molecule has 0 aliphatic heterocycles. The van der Waals surface area contributed by atoms with Crippen LogP contribution in [0.3, 0.4) is 0 Å². The zero-order chi connectivity index (χ0) is 18.8. The maximum absolute atomic E-state index is 5.43. The molecule has 0 saturated heterocycles. The summed E-state index contributed by atoms with van der Waals surface area (Å²) < 4.78 is 18.6. The van der Waals surface area contributed by atoms with E-state index < -0.39 is 0 Å². The third-order valence-corrected chi connectivity index (χ3v) is 4.67. The summed E-state index contributed by atoms with van der Waals surface area (Å²) in [7, 11) is 6.62. The Labute approximate surface area is 159 Å². The number of nitrogens with one attached hydrogen (secondary N) is 1. The van der Waals surface area contributed by atoms with Crippen molar-refractivity contribution in [1.82, 2.24) is 19.7 Å². The number of methoxy groups -OCH3 is 3. The second kappa shape index (κ2) is 7.36. The number of aryl methyl sites for hydroxylation is 1. The highest BCUT2D eigenvalue weighted by molar-refractivity contribution is 9.10. The summed E-state index contributed by atoms with van der Waals surface area (Å²) in [5, 5.41) is 8.58. The van der Waals surface area contributed by atoms with Gasteiger partial charge in [-0.2, -0.15) is 5.10 Å². The van der Waals surface area contributed by atoms with Crippen LogP contribution < -0.4 is 19.5 Å². The van der Waals surface area contributed by atoms with Crippen LogP contribution in [0.1, 0.15) is 18.5 Å². The number of benzene rings is 1. The molecule has 2 aromatic heterocycles. The van der Waals surface area contributed by atoms with Gasteiger partial charge in [0, 0.05) is 7.05 Å². The molecule has 138 valence electrons. The van der Waals surface area contributed by atoms with E-state index in [9.17, 15) is 0 Å². The predicted molar refractivity (Wildman–Crippen MR) is 102 cm³/mol. The molecule has 0 fully saturated rings. The topological polar surface area (TPSA) is 83.3 Å². The van der Waals surface area contributed by atoms with E-state index >= 15 is 0 Å². The number of rotatable bonds is 6. The van der Waals surface area contributed by atoms with E-state index in [1.807, 2.05) is 26.1 Å². The van der Waals surface area contributed by atoms with Crippen molar-refractivity contribution < 1.29 is 14.2 Å². The van der Waals surface area contributed by atoms with Gasteiger partial charge in [-0.05, 0) is 40.5 Å². The number of hydrogen-bond acceptors (Lipinski definition) is 7. The molecule has 26 heavy (non-hydrogen) atoms. The molecule has 0 amide bonds. The van der Waals surface area contributed by atoms with Crippen LogP contribution in [0.2, 0.25) is 0 Å². The van der Waals surface area contributed by atoms with Crippen LogP contribution in [0.25, 0.3) is 11.0 Å². The van der Waals surface area contributed by atoms with Gasteiger partial charge < -0.3 is 19.5 Å². The second-order valence-corrected chi connectivity index (χ2v) is 6.41. The van der Waals surface area contributed by atoms with Crippen LogP contribution in [-0.4, -0.2) is 41.1 Å². The van der Waals surface area contributed by atoms with Gasteiger partial charge in [-0.3, -0.25) is 0 Å². The first kappa shape index (κ1) is 18.2. The minimum Gasteiger partial charge on any atom is -0.493 e. The van der Waals surface area contributed by atoms with Crippen molar-refractivity contribution in [2.24, 2.45) is 7.05 Å². The summed E-state index contributed by atoms with van der Waals surface area (Å²) in [6.45, 7) is 2.03. The van der Waals surface area contributed by atoms with E-state index in [1.165, 1.54) is 6.33 Å². The van der Waals surface area contributed by atoms with Gasteiger partial charge in [-0.15, -0.1) is 0 Å². The highest BCUT2D eigenvalue weighted by Gasteiger charge is 2.19. The maximum atomic E-state index is 5.43. The Morgan fingerprint density at radius 2 is 1.73 bits per heavy atom. The fourth-order valence-corrected chi connectivity index (χ4v) is 3.39. The molecule has 0 spiro atoms. The van der Waals surface area contributed by atoms with Crippen molar-refractivity contribution in [3.8, 4) is 17.2 Å². The average molecular weight is 422 g/mol. The van der Waals surface area contributed by atoms with Crippen molar-refractivity contribution in [3.63, 3.8) is 0 Å². The van der Waals surface area contributed by atoms with Crippen LogP contribution in [0.15, 0.2) is 23.1 Å². The number of aromatic nitrogens is 4. The number of hydrogen-bond donors (Lipinski definition) is 1. The van der Waals surface area contributed by atoms with Gasteiger partial charge in [0.05, 0.1) is 32.8 Å². The molecule has 1 aromatic carbocycles. The van der Waals surface area contributed by atoms with Crippen LogP contribution >= 0.6 is 15.9 Å². The number of nitrogens with zero attached hydrogens (tertiary/aromatic N) is 4. The number of halogens is 1. The van der Waals surface area contributed by atoms with E-state index in [0.29, 0.717) is 27.7 Å². The molecule has 3 aromatic rings. The average Bonchev–Trinajstić information content (AvgIpc) is 2.95. The SMILES string of the molecule is COc1cc(C(C)Nc2ncnc3c2c(Br)nn3C)cc(OC)c1OC. The van der Waals surface area contributed by atoms with Crippen molar-refractivity contribution in [1.29, 1.82) is 0 Å². The smallest absolute Gasteiger partial charge is 0.203 e. The monoisotopic (exact) mass is 421 g/mol. The molecule has 0 aliphatic rings. The Hall–Kier alpha value is -2.55. The number of ether oxygens (including phenoxy) is 3. The summed E-state index contributed by atoms with van der Waals surface area (Å²) in [5.41, 5.74) is 1.71. The summed E-state index contributed by atoms with van der Waals surface area (Å²) in [6.07, 6.45) is 1.51. The lowest BCUT2D eigenvalue weighted by Crippen LogP contribution is -2.09. The molecule has 3 rings (SSSR count). The van der Waals surface area contributed by atoms with Gasteiger partial charge in [-0.25, -0.2) is 14.6 Å². The fraction of sp³-hybridized carbons (Fsp3) is 0.353. The Morgan fingerprint density at radius 1 is 1.08 bits per heavy atom. The molecule has 0 bridgehead atoms. The minimum atomic E-state index is -0.0751. The van der Waals surface area contributed by atoms with E-state index in [-0.39, 0.29) is 6.04 Å². The summed E-state index contributed by atoms with van der Waals surface area (Å²) in [5.74, 6) is 2.46. The van der Waals surface area contributed by atoms with Crippen LogP contribution in [0.4, 0.5) is 5.82 Å². The van der Waals surface area contributed by atoms with Gasteiger partial charge in [0.1, 0.15) is 16.7 Å². The van der Waals surface area contributed by atoms with Gasteiger partial charge >= 0.3 is 0 Å². The molecule has 1 N–H and O–H groups in total. The molecule has 2 heterocycles. The third-order valence-electron chi connectivity index (χ3n) is 4.12. The summed E-state index contributed by atoms with van der Waals surface area (Å²) in [4.78, 5) is 8.66. The molecule has 1 unspecified atom stereocenters. The number of fused-ring (bicyclic) bond motifs is 1. The van der Waals surface area contributed by atoms with Crippen molar-refractivity contribution >= 4 is 32.8 Å². The van der Waals surface area contributed by atoms with Crippen molar-refractivity contribution in [3.05, 3.63) is 28.6 Å². The van der Waals surface area contributed by atoms with Gasteiger partial charge in [0.2, 0.25) is 5.75 Å². The quantitative estimate of drug-likeness (QED) is 0.653. The van der Waals surface area contributed by atoms with Gasteiger partial charge in [-0.1, -0.05) is 0 Å². The lowest BCUT2D eigenvalue weighted by molar-refractivity contribution is 0.323. The predicted octanol–water partition coefficient (Wildman–Crippen LogP) is 3.32. The fourth-order valence-electron chi connectivity index (χ4n) is 2.79. The van der Waals surface area contributed by atoms with Crippen LogP contribution in [-0.2, 0) is 7.05 Å². The molecule has 8 nitrogen and oxygen atoms in total. The van der Waals surface area contributed by atoms with Crippen molar-refractivity contribution in [2.45, 2.75) is 13.0 Å². The van der Waals surface area contributed by atoms with Gasteiger partial charge in [0.15, 0.2) is 17.1 Å². The number of anilines is 1. The molecule has 1 atom stereocenters. The van der Waals surface area contributed by atoms with Gasteiger partial charge in [0.25, 0.3) is 0 Å². The normalized spacial score (nSPS) is 12.1. The first-order valence-electron chi connectivity index (χ1n) is 7.89. The first-order chi connectivity index (χ1) is 12.5. The molecule has 9 heteroatoms. The zero-order valence-corrected chi connectivity index (χ0v) is 16.8. The Bertz CT molecular complexity index is 919. The lowest BCUT2D eigenvalue weighted by Gasteiger charge is -2.19. The second-order valence-electron chi connectivity index (χ2n) is 5.66. The first-order valence-corrected chi connectivity index (χ1v) is 8.69. The molecular formula is C17H20BrN5O3. The maximum Gasteiger partial charge on any atom is 0.203 e. The molecule has 0 aliphatic carbocycles. The van der Waals surface area contributed by atoms with E-state index in [1.54, 1.807) is 26.0 Å². The molecule has 0 saturated carbocycles. The van der Waals surface area contributed by atoms with Crippen molar-refractivity contribution in [2.75, 3.05) is 26.6 Å². The Morgan fingerprint density at radius 3 is 2.31 bits per heavy atom. The molecular weight excluding hydrogens is 402 g/mol. The summed E-state index contributed by atoms with van der Waals surface area (Å²) >= 11 is 3.47. The largest absolute Gasteiger partial charge is 0.493 e. The van der Waals surface area contributed by atoms with E-state index in [2.05, 4.69) is 36.3 Å². The van der Waals surface area contributed by atoms with E-state index in [4.69, 9.17) is 14.2 Å². The standard InChI is InChI=1S/C17H20BrN5O3/c1-9(10-6-11(24-3)14(26-5)12(7-10)25-4)21-16-13-15(18)22-23(2)17(13)20-8-19-16/h6-9H,1-5H3,(H,19,20,21). The zero-order valence-electron chi connectivity index (χ0n) is 15.2. The Kier molecular flexibility index (Phi) is 5.17. The summed E-state index contributed by atoms with van der Waals surface area (Å²) in [6, 6.07) is 3.75. The van der Waals surface area contributed by atoms with Crippen LogP contribution in [0, 0.1) is 0 Å².